The predicted molar refractivity (Wildman–Crippen MR) is 79.2 cm³/mol. The van der Waals surface area contributed by atoms with Gasteiger partial charge in [0.25, 0.3) is 5.91 Å². The summed E-state index contributed by atoms with van der Waals surface area (Å²) in [7, 11) is 0. The maximum absolute atomic E-state index is 13.9. The number of benzene rings is 1. The first-order valence-electron chi connectivity index (χ1n) is 7.13. The molecule has 1 aromatic carbocycles. The van der Waals surface area contributed by atoms with Crippen molar-refractivity contribution in [3.63, 3.8) is 0 Å². The first-order chi connectivity index (χ1) is 9.65. The molecule has 2 aliphatic rings. The van der Waals surface area contributed by atoms with E-state index in [2.05, 4.69) is 20.8 Å². The van der Waals surface area contributed by atoms with Crippen LogP contribution in [0.25, 0.3) is 0 Å². The Kier molecular flexibility index (Phi) is 4.08. The molecule has 0 spiro atoms. The summed E-state index contributed by atoms with van der Waals surface area (Å²) in [6.07, 6.45) is 3.32. The molecule has 2 saturated heterocycles. The summed E-state index contributed by atoms with van der Waals surface area (Å²) >= 11 is 3.30. The van der Waals surface area contributed by atoms with Crippen molar-refractivity contribution in [2.24, 2.45) is 0 Å². The molecule has 1 aromatic rings. The van der Waals surface area contributed by atoms with Gasteiger partial charge in [-0.2, -0.15) is 0 Å². The number of rotatable bonds is 1. The number of carbonyl (C=O) groups excluding carboxylic acids is 1. The molecule has 0 aromatic heterocycles. The maximum Gasteiger partial charge on any atom is 0.256 e. The van der Waals surface area contributed by atoms with Crippen LogP contribution in [0.5, 0.6) is 0 Å². The molecule has 1 unspecified atom stereocenters. The largest absolute Gasteiger partial charge is 0.337 e. The fraction of sp³-hybridized carbons (Fsp3) is 0.533. The monoisotopic (exact) mass is 340 g/mol. The summed E-state index contributed by atoms with van der Waals surface area (Å²) in [4.78, 5) is 16.8. The highest BCUT2D eigenvalue weighted by atomic mass is 79.9. The first kappa shape index (κ1) is 14.0. The zero-order valence-corrected chi connectivity index (χ0v) is 12.9. The number of hydrogen-bond donors (Lipinski definition) is 0. The molecule has 3 rings (SSSR count). The Balaban J connectivity index is 1.80. The molecular formula is C15H18BrFN2O. The zero-order chi connectivity index (χ0) is 14.1. The Morgan fingerprint density at radius 3 is 2.90 bits per heavy atom. The van der Waals surface area contributed by atoms with Crippen LogP contribution in [0.1, 0.15) is 29.6 Å². The Bertz CT molecular complexity index is 523. The van der Waals surface area contributed by atoms with Gasteiger partial charge in [0.05, 0.1) is 5.56 Å². The van der Waals surface area contributed by atoms with Crippen molar-refractivity contribution in [2.75, 3.05) is 26.2 Å². The fourth-order valence-corrected chi connectivity index (χ4v) is 3.58. The number of nitrogens with zero attached hydrogens (tertiary/aromatic N) is 2. The number of halogens is 2. The van der Waals surface area contributed by atoms with Crippen molar-refractivity contribution in [3.8, 4) is 0 Å². The molecule has 0 N–H and O–H groups in total. The number of hydrogen-bond acceptors (Lipinski definition) is 2. The van der Waals surface area contributed by atoms with Crippen LogP contribution in [0.2, 0.25) is 0 Å². The molecule has 20 heavy (non-hydrogen) atoms. The maximum atomic E-state index is 13.9. The van der Waals surface area contributed by atoms with Crippen LogP contribution >= 0.6 is 15.9 Å². The lowest BCUT2D eigenvalue weighted by molar-refractivity contribution is 0.0738. The smallest absolute Gasteiger partial charge is 0.256 e. The van der Waals surface area contributed by atoms with Crippen LogP contribution in [-0.2, 0) is 0 Å². The van der Waals surface area contributed by atoms with Gasteiger partial charge in [-0.15, -0.1) is 0 Å². The predicted octanol–water partition coefficient (Wildman–Crippen LogP) is 2.90. The van der Waals surface area contributed by atoms with E-state index in [1.807, 2.05) is 4.90 Å². The normalized spacial score (nSPS) is 23.5. The highest BCUT2D eigenvalue weighted by molar-refractivity contribution is 9.10. The van der Waals surface area contributed by atoms with Crippen molar-refractivity contribution >= 4 is 21.8 Å². The molecule has 0 bridgehead atoms. The van der Waals surface area contributed by atoms with Crippen molar-refractivity contribution in [3.05, 3.63) is 34.1 Å². The van der Waals surface area contributed by atoms with Crippen LogP contribution in [0.15, 0.2) is 22.7 Å². The molecule has 0 radical (unpaired) electrons. The van der Waals surface area contributed by atoms with Gasteiger partial charge in [-0.25, -0.2) is 4.39 Å². The van der Waals surface area contributed by atoms with Gasteiger partial charge >= 0.3 is 0 Å². The van der Waals surface area contributed by atoms with E-state index in [4.69, 9.17) is 0 Å². The molecule has 108 valence electrons. The van der Waals surface area contributed by atoms with E-state index in [1.54, 1.807) is 12.1 Å². The van der Waals surface area contributed by atoms with E-state index in [9.17, 15) is 9.18 Å². The van der Waals surface area contributed by atoms with Gasteiger partial charge in [-0.1, -0.05) is 15.9 Å². The second-order valence-corrected chi connectivity index (χ2v) is 6.48. The fourth-order valence-electron chi connectivity index (χ4n) is 3.22. The van der Waals surface area contributed by atoms with Gasteiger partial charge in [0.2, 0.25) is 0 Å². The standard InChI is InChI=1S/C15H18BrFN2O/c16-11-4-5-14(17)13(9-11)15(20)19-8-2-7-18-6-1-3-12(18)10-19/h4-5,9,12H,1-3,6-8,10H2. The van der Waals surface area contributed by atoms with Crippen LogP contribution in [-0.4, -0.2) is 47.9 Å². The first-order valence-corrected chi connectivity index (χ1v) is 7.93. The van der Waals surface area contributed by atoms with E-state index in [1.165, 1.54) is 12.5 Å². The number of amides is 1. The lowest BCUT2D eigenvalue weighted by atomic mass is 10.1. The number of fused-ring (bicyclic) bond motifs is 1. The van der Waals surface area contributed by atoms with Crippen LogP contribution < -0.4 is 0 Å². The van der Waals surface area contributed by atoms with Gasteiger partial charge in [-0.05, 0) is 44.0 Å². The van der Waals surface area contributed by atoms with Crippen molar-refractivity contribution in [1.29, 1.82) is 0 Å². The lowest BCUT2D eigenvalue weighted by Crippen LogP contribution is -2.39. The van der Waals surface area contributed by atoms with Gasteiger partial charge < -0.3 is 4.90 Å². The van der Waals surface area contributed by atoms with E-state index >= 15 is 0 Å². The molecule has 5 heteroatoms. The highest BCUT2D eigenvalue weighted by Gasteiger charge is 2.31. The minimum Gasteiger partial charge on any atom is -0.337 e. The second kappa shape index (κ2) is 5.82. The Morgan fingerprint density at radius 2 is 2.05 bits per heavy atom. The molecule has 2 heterocycles. The molecule has 3 nitrogen and oxygen atoms in total. The van der Waals surface area contributed by atoms with Crippen molar-refractivity contribution in [2.45, 2.75) is 25.3 Å². The summed E-state index contributed by atoms with van der Waals surface area (Å²) in [6.45, 7) is 3.63. The van der Waals surface area contributed by atoms with Gasteiger partial charge in [-0.3, -0.25) is 9.69 Å². The molecule has 1 atom stereocenters. The summed E-state index contributed by atoms with van der Waals surface area (Å²) < 4.78 is 14.6. The molecule has 0 aliphatic carbocycles. The molecule has 2 aliphatic heterocycles. The Hall–Kier alpha value is -0.940. The van der Waals surface area contributed by atoms with Crippen LogP contribution in [0.3, 0.4) is 0 Å². The van der Waals surface area contributed by atoms with Gasteiger partial charge in [0.15, 0.2) is 0 Å². The van der Waals surface area contributed by atoms with E-state index in [-0.39, 0.29) is 11.5 Å². The molecule has 0 saturated carbocycles. The minimum absolute atomic E-state index is 0.172. The average molecular weight is 341 g/mol. The van der Waals surface area contributed by atoms with Gasteiger partial charge in [0.1, 0.15) is 5.82 Å². The second-order valence-electron chi connectivity index (χ2n) is 5.56. The van der Waals surface area contributed by atoms with E-state index < -0.39 is 5.82 Å². The quantitative estimate of drug-likeness (QED) is 0.784. The Labute approximate surface area is 126 Å². The summed E-state index contributed by atoms with van der Waals surface area (Å²) in [6, 6.07) is 5.00. The summed E-state index contributed by atoms with van der Waals surface area (Å²) in [5.74, 6) is -0.622. The topological polar surface area (TPSA) is 23.6 Å². The van der Waals surface area contributed by atoms with E-state index in [0.29, 0.717) is 6.04 Å². The van der Waals surface area contributed by atoms with Crippen LogP contribution in [0.4, 0.5) is 4.39 Å². The Morgan fingerprint density at radius 1 is 1.25 bits per heavy atom. The molecule has 1 amide bonds. The molecule has 2 fully saturated rings. The minimum atomic E-state index is -0.439. The number of carbonyl (C=O) groups is 1. The summed E-state index contributed by atoms with van der Waals surface area (Å²) in [5.41, 5.74) is 0.172. The summed E-state index contributed by atoms with van der Waals surface area (Å²) in [5, 5.41) is 0. The third kappa shape index (κ3) is 2.74. The third-order valence-electron chi connectivity index (χ3n) is 4.25. The average Bonchev–Trinajstić information content (AvgIpc) is 2.78. The lowest BCUT2D eigenvalue weighted by Gasteiger charge is -2.26. The highest BCUT2D eigenvalue weighted by Crippen LogP contribution is 2.23. The van der Waals surface area contributed by atoms with Gasteiger partial charge in [0, 0.05) is 30.1 Å². The van der Waals surface area contributed by atoms with Crippen LogP contribution in [0, 0.1) is 5.82 Å². The SMILES string of the molecule is O=C(c1cc(Br)ccc1F)N1CCCN2CCCC2C1. The van der Waals surface area contributed by atoms with E-state index in [0.717, 1.165) is 43.5 Å². The van der Waals surface area contributed by atoms with Crippen molar-refractivity contribution in [1.82, 2.24) is 9.80 Å². The molecular weight excluding hydrogens is 323 g/mol. The zero-order valence-electron chi connectivity index (χ0n) is 11.3. The third-order valence-corrected chi connectivity index (χ3v) is 4.74. The van der Waals surface area contributed by atoms with Crippen molar-refractivity contribution < 1.29 is 9.18 Å².